The molecule has 0 radical (unpaired) electrons. The van der Waals surface area contributed by atoms with Crippen LogP contribution in [0, 0.1) is 0 Å². The Kier molecular flexibility index (Phi) is 1.72. The normalized spacial score (nSPS) is 29.6. The Morgan fingerprint density at radius 1 is 1.18 bits per heavy atom. The van der Waals surface area contributed by atoms with Gasteiger partial charge in [0, 0.05) is 6.42 Å². The van der Waals surface area contributed by atoms with E-state index < -0.39 is 0 Å². The van der Waals surface area contributed by atoms with Gasteiger partial charge < -0.3 is 4.74 Å². The summed E-state index contributed by atoms with van der Waals surface area (Å²) in [6.45, 7) is 0.666. The van der Waals surface area contributed by atoms with Crippen molar-refractivity contribution in [2.45, 2.75) is 44.1 Å². The second-order valence-corrected chi connectivity index (χ2v) is 3.58. The lowest BCUT2D eigenvalue weighted by molar-refractivity contribution is -0.134. The van der Waals surface area contributed by atoms with E-state index in [1.807, 2.05) is 0 Å². The van der Waals surface area contributed by atoms with Crippen molar-refractivity contribution in [3.63, 3.8) is 0 Å². The molecule has 2 rings (SSSR count). The van der Waals surface area contributed by atoms with E-state index in [9.17, 15) is 4.79 Å². The third-order valence-corrected chi connectivity index (χ3v) is 2.88. The van der Waals surface area contributed by atoms with Crippen molar-refractivity contribution < 1.29 is 9.53 Å². The fourth-order valence-corrected chi connectivity index (χ4v) is 2.19. The van der Waals surface area contributed by atoms with E-state index in [1.54, 1.807) is 0 Å². The van der Waals surface area contributed by atoms with Gasteiger partial charge in [0.2, 0.25) is 0 Å². The highest BCUT2D eigenvalue weighted by Crippen LogP contribution is 2.36. The second kappa shape index (κ2) is 2.59. The van der Waals surface area contributed by atoms with Crippen molar-refractivity contribution in [1.82, 2.24) is 0 Å². The highest BCUT2D eigenvalue weighted by atomic mass is 16.5. The van der Waals surface area contributed by atoms with E-state index in [1.165, 1.54) is 19.3 Å². The van der Waals surface area contributed by atoms with E-state index in [2.05, 4.69) is 0 Å². The van der Waals surface area contributed by atoms with Gasteiger partial charge in [0.1, 0.15) is 5.60 Å². The summed E-state index contributed by atoms with van der Waals surface area (Å²) >= 11 is 0. The van der Waals surface area contributed by atoms with Crippen LogP contribution in [0.2, 0.25) is 0 Å². The maximum atomic E-state index is 11.4. The molecule has 2 aliphatic rings. The third kappa shape index (κ3) is 1.09. The standard InChI is InChI=1S/C9H14O2/c10-8-4-7-11-9(8)5-2-1-3-6-9/h1-7H2. The molecule has 0 atom stereocenters. The number of hydrogen-bond donors (Lipinski definition) is 0. The molecule has 0 aromatic rings. The van der Waals surface area contributed by atoms with Crippen molar-refractivity contribution in [2.24, 2.45) is 0 Å². The van der Waals surface area contributed by atoms with E-state index in [-0.39, 0.29) is 5.60 Å². The van der Waals surface area contributed by atoms with Crippen molar-refractivity contribution in [3.05, 3.63) is 0 Å². The molecule has 62 valence electrons. The van der Waals surface area contributed by atoms with Gasteiger partial charge in [0.25, 0.3) is 0 Å². The first kappa shape index (κ1) is 7.29. The molecule has 0 bridgehead atoms. The summed E-state index contributed by atoms with van der Waals surface area (Å²) < 4.78 is 5.54. The molecule has 1 heterocycles. The summed E-state index contributed by atoms with van der Waals surface area (Å²) in [4.78, 5) is 11.4. The van der Waals surface area contributed by atoms with Crippen molar-refractivity contribution >= 4 is 5.78 Å². The largest absolute Gasteiger partial charge is 0.367 e. The van der Waals surface area contributed by atoms with Gasteiger partial charge in [-0.1, -0.05) is 19.3 Å². The molecular weight excluding hydrogens is 140 g/mol. The molecule has 0 aromatic heterocycles. The third-order valence-electron chi connectivity index (χ3n) is 2.88. The van der Waals surface area contributed by atoms with Gasteiger partial charge in [-0.3, -0.25) is 4.79 Å². The Balaban J connectivity index is 2.12. The molecule has 0 unspecified atom stereocenters. The van der Waals surface area contributed by atoms with Crippen LogP contribution in [-0.4, -0.2) is 18.0 Å². The van der Waals surface area contributed by atoms with Crippen LogP contribution in [0.5, 0.6) is 0 Å². The Bertz CT molecular complexity index is 168. The first-order valence-electron chi connectivity index (χ1n) is 4.51. The van der Waals surface area contributed by atoms with Gasteiger partial charge >= 0.3 is 0 Å². The molecule has 0 amide bonds. The first-order valence-corrected chi connectivity index (χ1v) is 4.51. The zero-order valence-corrected chi connectivity index (χ0v) is 6.77. The van der Waals surface area contributed by atoms with Crippen molar-refractivity contribution in [3.8, 4) is 0 Å². The molecule has 2 heteroatoms. The van der Waals surface area contributed by atoms with Crippen molar-refractivity contribution in [2.75, 3.05) is 6.61 Å². The van der Waals surface area contributed by atoms with Gasteiger partial charge in [-0.25, -0.2) is 0 Å². The number of Topliss-reactive ketones (excluding diaryl/α,β-unsaturated/α-hetero) is 1. The SMILES string of the molecule is O=C1CCOC12CCCCC2. The average molecular weight is 154 g/mol. The molecular formula is C9H14O2. The van der Waals surface area contributed by atoms with Crippen LogP contribution in [0.1, 0.15) is 38.5 Å². The van der Waals surface area contributed by atoms with Crippen LogP contribution in [0.15, 0.2) is 0 Å². The van der Waals surface area contributed by atoms with E-state index in [4.69, 9.17) is 4.74 Å². The summed E-state index contributed by atoms with van der Waals surface area (Å²) in [5.41, 5.74) is -0.307. The summed E-state index contributed by atoms with van der Waals surface area (Å²) in [6.07, 6.45) is 6.23. The summed E-state index contributed by atoms with van der Waals surface area (Å²) in [6, 6.07) is 0. The maximum Gasteiger partial charge on any atom is 0.166 e. The minimum absolute atomic E-state index is 0.307. The van der Waals surface area contributed by atoms with Crippen LogP contribution in [-0.2, 0) is 9.53 Å². The van der Waals surface area contributed by atoms with Crippen LogP contribution in [0.25, 0.3) is 0 Å². The first-order chi connectivity index (χ1) is 5.33. The Morgan fingerprint density at radius 2 is 1.91 bits per heavy atom. The minimum Gasteiger partial charge on any atom is -0.367 e. The maximum absolute atomic E-state index is 11.4. The number of hydrogen-bond acceptors (Lipinski definition) is 2. The second-order valence-electron chi connectivity index (χ2n) is 3.58. The van der Waals surface area contributed by atoms with Crippen LogP contribution in [0.3, 0.4) is 0 Å². The number of ether oxygens (including phenoxy) is 1. The molecule has 2 nitrogen and oxygen atoms in total. The molecule has 1 spiro atoms. The zero-order chi connectivity index (χ0) is 7.73. The molecule has 2 fully saturated rings. The lowest BCUT2D eigenvalue weighted by Crippen LogP contribution is -2.37. The average Bonchev–Trinajstić information content (AvgIpc) is 2.36. The topological polar surface area (TPSA) is 26.3 Å². The predicted octanol–water partition coefficient (Wildman–Crippen LogP) is 1.68. The number of carbonyl (C=O) groups is 1. The number of ketones is 1. The van der Waals surface area contributed by atoms with E-state index >= 15 is 0 Å². The Labute approximate surface area is 66.9 Å². The van der Waals surface area contributed by atoms with Gasteiger partial charge in [-0.2, -0.15) is 0 Å². The zero-order valence-electron chi connectivity index (χ0n) is 6.77. The summed E-state index contributed by atoms with van der Waals surface area (Å²) in [5.74, 6) is 0.359. The van der Waals surface area contributed by atoms with Gasteiger partial charge in [-0.15, -0.1) is 0 Å². The highest BCUT2D eigenvalue weighted by molar-refractivity contribution is 5.89. The smallest absolute Gasteiger partial charge is 0.166 e. The molecule has 0 N–H and O–H groups in total. The lowest BCUT2D eigenvalue weighted by Gasteiger charge is -2.30. The van der Waals surface area contributed by atoms with Crippen LogP contribution in [0.4, 0.5) is 0 Å². The summed E-state index contributed by atoms with van der Waals surface area (Å²) in [5, 5.41) is 0. The van der Waals surface area contributed by atoms with E-state index in [0.717, 1.165) is 12.8 Å². The van der Waals surface area contributed by atoms with Crippen LogP contribution < -0.4 is 0 Å². The fourth-order valence-electron chi connectivity index (χ4n) is 2.19. The number of rotatable bonds is 0. The monoisotopic (exact) mass is 154 g/mol. The molecule has 1 aliphatic carbocycles. The molecule has 1 aliphatic heterocycles. The van der Waals surface area contributed by atoms with Gasteiger partial charge in [0.15, 0.2) is 5.78 Å². The minimum atomic E-state index is -0.307. The highest BCUT2D eigenvalue weighted by Gasteiger charge is 2.43. The van der Waals surface area contributed by atoms with Gasteiger partial charge in [-0.05, 0) is 12.8 Å². The fraction of sp³-hybridized carbons (Fsp3) is 0.889. The van der Waals surface area contributed by atoms with Gasteiger partial charge in [0.05, 0.1) is 6.61 Å². The van der Waals surface area contributed by atoms with E-state index in [0.29, 0.717) is 18.8 Å². The lowest BCUT2D eigenvalue weighted by atomic mass is 9.82. The predicted molar refractivity (Wildman–Crippen MR) is 41.4 cm³/mol. The number of carbonyl (C=O) groups excluding carboxylic acids is 1. The Hall–Kier alpha value is -0.370. The molecule has 1 saturated carbocycles. The summed E-state index contributed by atoms with van der Waals surface area (Å²) in [7, 11) is 0. The molecule has 11 heavy (non-hydrogen) atoms. The quantitative estimate of drug-likeness (QED) is 0.530. The van der Waals surface area contributed by atoms with Crippen molar-refractivity contribution in [1.29, 1.82) is 0 Å². The Morgan fingerprint density at radius 3 is 2.45 bits per heavy atom. The molecule has 0 aromatic carbocycles. The van der Waals surface area contributed by atoms with Crippen LogP contribution >= 0.6 is 0 Å². The molecule has 1 saturated heterocycles.